The molecule has 1 aromatic heterocycles. The number of ketones is 1. The minimum Gasteiger partial charge on any atom is -0.361 e. The van der Waals surface area contributed by atoms with Gasteiger partial charge in [0.15, 0.2) is 5.78 Å². The van der Waals surface area contributed by atoms with E-state index in [0.29, 0.717) is 18.8 Å². The molecule has 31 heavy (non-hydrogen) atoms. The summed E-state index contributed by atoms with van der Waals surface area (Å²) in [6, 6.07) is -1.55. The third-order valence-electron chi connectivity index (χ3n) is 4.63. The van der Waals surface area contributed by atoms with Crippen LogP contribution in [0.1, 0.15) is 37.7 Å². The van der Waals surface area contributed by atoms with E-state index in [1.807, 2.05) is 13.8 Å². The monoisotopic (exact) mass is 451 g/mol. The van der Waals surface area contributed by atoms with E-state index >= 15 is 0 Å². The van der Waals surface area contributed by atoms with Crippen molar-refractivity contribution in [2.45, 2.75) is 44.9 Å². The molecule has 1 aliphatic rings. The van der Waals surface area contributed by atoms with E-state index in [1.165, 1.54) is 30.4 Å². The van der Waals surface area contributed by atoms with E-state index in [-0.39, 0.29) is 23.9 Å². The summed E-state index contributed by atoms with van der Waals surface area (Å²) in [4.78, 5) is 57.5. The molecular weight excluding hydrogens is 422 g/mol. The van der Waals surface area contributed by atoms with Crippen LogP contribution in [0.3, 0.4) is 0 Å². The zero-order chi connectivity index (χ0) is 23.0. The average molecular weight is 452 g/mol. The molecule has 1 aromatic rings. The van der Waals surface area contributed by atoms with Crippen LogP contribution >= 0.6 is 11.8 Å². The predicted molar refractivity (Wildman–Crippen MR) is 115 cm³/mol. The van der Waals surface area contributed by atoms with Crippen LogP contribution in [0.2, 0.25) is 0 Å². The van der Waals surface area contributed by atoms with Crippen LogP contribution in [0.5, 0.6) is 0 Å². The second kappa shape index (κ2) is 11.2. The first kappa shape index (κ1) is 24.7. The summed E-state index contributed by atoms with van der Waals surface area (Å²) in [5, 5.41) is 7.82. The zero-order valence-electron chi connectivity index (χ0n) is 18.1. The highest BCUT2D eigenvalue weighted by Crippen LogP contribution is 2.29. The molecular formula is C20H29N5O5S. The van der Waals surface area contributed by atoms with Crippen molar-refractivity contribution in [1.29, 1.82) is 0 Å². The van der Waals surface area contributed by atoms with Crippen molar-refractivity contribution < 1.29 is 23.9 Å². The highest BCUT2D eigenvalue weighted by atomic mass is 32.2. The third-order valence-corrected chi connectivity index (χ3v) is 5.30. The molecule has 10 nitrogen and oxygen atoms in total. The van der Waals surface area contributed by atoms with Gasteiger partial charge < -0.3 is 20.7 Å². The molecule has 0 radical (unpaired) electrons. The van der Waals surface area contributed by atoms with Crippen molar-refractivity contribution in [3.05, 3.63) is 24.3 Å². The highest BCUT2D eigenvalue weighted by Gasteiger charge is 2.50. The van der Waals surface area contributed by atoms with Crippen molar-refractivity contribution in [3.63, 3.8) is 0 Å². The van der Waals surface area contributed by atoms with E-state index in [0.717, 1.165) is 0 Å². The van der Waals surface area contributed by atoms with Crippen molar-refractivity contribution in [2.75, 3.05) is 25.2 Å². The number of thioether (sulfide) groups is 1. The summed E-state index contributed by atoms with van der Waals surface area (Å²) in [7, 11) is 0. The number of amides is 3. The topological polar surface area (TPSA) is 143 Å². The lowest BCUT2D eigenvalue weighted by Gasteiger charge is -2.24. The van der Waals surface area contributed by atoms with E-state index in [2.05, 4.69) is 25.9 Å². The Kier molecular flexibility index (Phi) is 8.93. The predicted octanol–water partition coefficient (Wildman–Crippen LogP) is -0.0569. The Balaban J connectivity index is 1.94. The van der Waals surface area contributed by atoms with Gasteiger partial charge in [-0.1, -0.05) is 13.8 Å². The number of nitrogens with zero attached hydrogens (tertiary/aromatic N) is 2. The van der Waals surface area contributed by atoms with Crippen LogP contribution in [0.25, 0.3) is 0 Å². The number of Topliss-reactive ketones (excluding diaryl/α,β-unsaturated/α-hetero) is 1. The molecule has 170 valence electrons. The molecule has 0 saturated carbocycles. The Hall–Kier alpha value is -2.53. The second-order valence-corrected chi connectivity index (χ2v) is 8.83. The first-order valence-electron chi connectivity index (χ1n) is 9.97. The molecule has 2 heterocycles. The highest BCUT2D eigenvalue weighted by molar-refractivity contribution is 7.98. The van der Waals surface area contributed by atoms with Gasteiger partial charge in [-0.05, 0) is 25.5 Å². The lowest BCUT2D eigenvalue weighted by molar-refractivity contribution is -0.132. The Labute approximate surface area is 185 Å². The standard InChI is InChI=1S/C20H29N5O5S/c1-12(2)7-13(17(27)20(3)11-30-20)25-19(29)15(10-31-4)24-16(26)9-23-18(28)14-8-21-5-6-22-14/h5-6,8,12-13,15H,7,9-11H2,1-4H3,(H,23,28)(H,24,26)(H,25,29)/t13-,15+,20+/m0/s1. The van der Waals surface area contributed by atoms with Crippen LogP contribution < -0.4 is 16.0 Å². The quantitative estimate of drug-likeness (QED) is 0.375. The summed E-state index contributed by atoms with van der Waals surface area (Å²) in [5.41, 5.74) is -0.769. The number of hydrogen-bond donors (Lipinski definition) is 3. The lowest BCUT2D eigenvalue weighted by Crippen LogP contribution is -2.55. The van der Waals surface area contributed by atoms with E-state index in [4.69, 9.17) is 4.74 Å². The van der Waals surface area contributed by atoms with Gasteiger partial charge >= 0.3 is 0 Å². The number of aromatic nitrogens is 2. The van der Waals surface area contributed by atoms with Crippen LogP contribution in [0.4, 0.5) is 0 Å². The molecule has 1 saturated heterocycles. The minimum atomic E-state index is -0.855. The van der Waals surface area contributed by atoms with Crippen molar-refractivity contribution in [1.82, 2.24) is 25.9 Å². The molecule has 3 atom stereocenters. The van der Waals surface area contributed by atoms with E-state index in [1.54, 1.807) is 13.2 Å². The smallest absolute Gasteiger partial charge is 0.271 e. The molecule has 0 bridgehead atoms. The Bertz CT molecular complexity index is 800. The fraction of sp³-hybridized carbons (Fsp3) is 0.600. The van der Waals surface area contributed by atoms with Crippen molar-refractivity contribution >= 4 is 35.3 Å². The Morgan fingerprint density at radius 3 is 2.45 bits per heavy atom. The number of epoxide rings is 1. The van der Waals surface area contributed by atoms with Gasteiger partial charge in [0.1, 0.15) is 17.3 Å². The Morgan fingerprint density at radius 2 is 1.90 bits per heavy atom. The number of hydrogen-bond acceptors (Lipinski definition) is 8. The molecule has 0 spiro atoms. The number of rotatable bonds is 12. The molecule has 0 unspecified atom stereocenters. The van der Waals surface area contributed by atoms with Gasteiger partial charge in [-0.25, -0.2) is 4.98 Å². The molecule has 0 aromatic carbocycles. The van der Waals surface area contributed by atoms with Crippen LogP contribution in [0.15, 0.2) is 18.6 Å². The van der Waals surface area contributed by atoms with Crippen LogP contribution in [-0.4, -0.2) is 76.3 Å². The van der Waals surface area contributed by atoms with Crippen LogP contribution in [0, 0.1) is 5.92 Å². The first-order valence-corrected chi connectivity index (χ1v) is 11.4. The fourth-order valence-electron chi connectivity index (χ4n) is 2.86. The van der Waals surface area contributed by atoms with Crippen molar-refractivity contribution in [3.8, 4) is 0 Å². The lowest BCUT2D eigenvalue weighted by atomic mass is 9.93. The minimum absolute atomic E-state index is 0.0829. The number of nitrogens with one attached hydrogen (secondary N) is 3. The maximum atomic E-state index is 12.8. The Morgan fingerprint density at radius 1 is 1.19 bits per heavy atom. The van der Waals surface area contributed by atoms with Crippen molar-refractivity contribution in [2.24, 2.45) is 5.92 Å². The van der Waals surface area contributed by atoms with Gasteiger partial charge in [0.2, 0.25) is 11.8 Å². The summed E-state index contributed by atoms with van der Waals surface area (Å²) in [6.07, 6.45) is 6.36. The SMILES string of the molecule is CSC[C@@H](NC(=O)CNC(=O)c1cnccn1)C(=O)N[C@@H](CC(C)C)C(=O)[C@@]1(C)CO1. The number of carbonyl (C=O) groups excluding carboxylic acids is 4. The molecule has 3 N–H and O–H groups in total. The number of ether oxygens (including phenoxy) is 1. The maximum Gasteiger partial charge on any atom is 0.271 e. The van der Waals surface area contributed by atoms with Gasteiger partial charge in [0.25, 0.3) is 5.91 Å². The largest absolute Gasteiger partial charge is 0.361 e. The molecule has 0 aliphatic carbocycles. The summed E-state index contributed by atoms with van der Waals surface area (Å²) < 4.78 is 5.24. The summed E-state index contributed by atoms with van der Waals surface area (Å²) >= 11 is 1.38. The molecule has 3 amide bonds. The van der Waals surface area contributed by atoms with Crippen LogP contribution in [-0.2, 0) is 19.1 Å². The second-order valence-electron chi connectivity index (χ2n) is 7.92. The summed E-state index contributed by atoms with van der Waals surface area (Å²) in [5.74, 6) is -1.20. The van der Waals surface area contributed by atoms with Gasteiger partial charge in [0, 0.05) is 18.1 Å². The molecule has 2 rings (SSSR count). The normalized spacial score (nSPS) is 19.3. The van der Waals surface area contributed by atoms with Gasteiger partial charge in [-0.15, -0.1) is 0 Å². The molecule has 1 fully saturated rings. The molecule has 1 aliphatic heterocycles. The molecule has 11 heteroatoms. The third kappa shape index (κ3) is 7.59. The van der Waals surface area contributed by atoms with E-state index < -0.39 is 35.4 Å². The summed E-state index contributed by atoms with van der Waals surface area (Å²) in [6.45, 7) is 5.64. The fourth-order valence-corrected chi connectivity index (χ4v) is 3.42. The van der Waals surface area contributed by atoms with Gasteiger partial charge in [-0.2, -0.15) is 11.8 Å². The number of carbonyl (C=O) groups is 4. The van der Waals surface area contributed by atoms with E-state index in [9.17, 15) is 19.2 Å². The zero-order valence-corrected chi connectivity index (χ0v) is 19.0. The average Bonchev–Trinajstić information content (AvgIpc) is 3.49. The van der Waals surface area contributed by atoms with Gasteiger partial charge in [0.05, 0.1) is 25.4 Å². The first-order chi connectivity index (χ1) is 14.7. The maximum absolute atomic E-state index is 12.8. The van der Waals surface area contributed by atoms with Gasteiger partial charge in [-0.3, -0.25) is 24.2 Å².